The van der Waals surface area contributed by atoms with Crippen LogP contribution in [0.25, 0.3) is 10.8 Å². The molecule has 0 spiro atoms. The molecule has 2 unspecified atom stereocenters. The minimum atomic E-state index is -1.01. The van der Waals surface area contributed by atoms with Crippen LogP contribution in [-0.2, 0) is 23.2 Å². The summed E-state index contributed by atoms with van der Waals surface area (Å²) in [5.74, 6) is -0.388. The normalized spacial score (nSPS) is 15.5. The van der Waals surface area contributed by atoms with Crippen LogP contribution >= 0.6 is 28.3 Å². The van der Waals surface area contributed by atoms with Crippen LogP contribution in [0.3, 0.4) is 0 Å². The van der Waals surface area contributed by atoms with E-state index >= 15 is 0 Å². The number of aromatic nitrogens is 2. The lowest BCUT2D eigenvalue weighted by Gasteiger charge is -2.27. The van der Waals surface area contributed by atoms with Crippen LogP contribution in [0.4, 0.5) is 11.4 Å². The Bertz CT molecular complexity index is 1640. The van der Waals surface area contributed by atoms with E-state index in [4.69, 9.17) is 4.74 Å². The Hall–Kier alpha value is -3.93. The first kappa shape index (κ1) is 31.0. The first-order valence-electron chi connectivity index (χ1n) is 13.2. The number of benzene rings is 3. The summed E-state index contributed by atoms with van der Waals surface area (Å²) < 4.78 is 8.22. The highest BCUT2D eigenvalue weighted by Gasteiger charge is 2.38. The largest absolute Gasteiger partial charge is 0.496 e. The number of para-hydroxylation sites is 2. The third-order valence-corrected chi connectivity index (χ3v) is 7.81. The molecule has 0 fully saturated rings. The van der Waals surface area contributed by atoms with E-state index in [1.54, 1.807) is 43.9 Å². The van der Waals surface area contributed by atoms with Gasteiger partial charge in [0.1, 0.15) is 11.8 Å². The molecule has 42 heavy (non-hydrogen) atoms. The number of ether oxygens (including phenoxy) is 1. The van der Waals surface area contributed by atoms with E-state index in [-0.39, 0.29) is 43.2 Å². The molecule has 1 aromatic heterocycles. The maximum atomic E-state index is 14.3. The van der Waals surface area contributed by atoms with Gasteiger partial charge in [0.15, 0.2) is 0 Å². The third kappa shape index (κ3) is 5.99. The minimum absolute atomic E-state index is 0. The molecular formula is C30H32BrClN6O4. The summed E-state index contributed by atoms with van der Waals surface area (Å²) in [7, 11) is 5.00. The highest BCUT2D eigenvalue weighted by atomic mass is 79.9. The second kappa shape index (κ2) is 12.9. The zero-order valence-corrected chi connectivity index (χ0v) is 26.0. The van der Waals surface area contributed by atoms with E-state index in [2.05, 4.69) is 31.7 Å². The van der Waals surface area contributed by atoms with Gasteiger partial charge in [-0.3, -0.25) is 19.1 Å². The average molecular weight is 656 g/mol. The standard InChI is InChI=1S/C30H31BrN6O4.ClH/c1-18(32-2)28(38)34-24-17-37(29(39)20-14-33-35(3)15-20)26-8-6-5-7-25(26)36(30(24)40)16-23-22-11-10-21(31)13-19(22)9-12-27(23)41-4;/h5-15,18,24,32H,16-17H2,1-4H3,(H,34,38);1H. The number of carbonyl (C=O) groups is 3. The molecule has 12 heteroatoms. The Kier molecular flexibility index (Phi) is 9.55. The molecule has 5 rings (SSSR count). The van der Waals surface area contributed by atoms with Crippen molar-refractivity contribution >= 4 is 68.2 Å². The van der Waals surface area contributed by atoms with Crippen molar-refractivity contribution in [2.75, 3.05) is 30.5 Å². The second-order valence-corrected chi connectivity index (χ2v) is 10.8. The smallest absolute Gasteiger partial charge is 0.261 e. The molecule has 1 aliphatic heterocycles. The van der Waals surface area contributed by atoms with Gasteiger partial charge >= 0.3 is 0 Å². The number of carbonyl (C=O) groups excluding carboxylic acids is 3. The molecule has 3 amide bonds. The van der Waals surface area contributed by atoms with E-state index in [1.165, 1.54) is 11.1 Å². The van der Waals surface area contributed by atoms with Gasteiger partial charge < -0.3 is 25.2 Å². The molecule has 0 bridgehead atoms. The lowest BCUT2D eigenvalue weighted by Crippen LogP contribution is -2.55. The second-order valence-electron chi connectivity index (χ2n) is 9.91. The number of likely N-dealkylation sites (N-methyl/N-ethyl adjacent to an activating group) is 1. The zero-order valence-electron chi connectivity index (χ0n) is 23.6. The number of rotatable bonds is 7. The van der Waals surface area contributed by atoms with Gasteiger partial charge in [-0.15, -0.1) is 12.4 Å². The van der Waals surface area contributed by atoms with Crippen molar-refractivity contribution in [1.82, 2.24) is 20.4 Å². The van der Waals surface area contributed by atoms with Crippen molar-refractivity contribution in [3.8, 4) is 5.75 Å². The van der Waals surface area contributed by atoms with Gasteiger partial charge in [-0.25, -0.2) is 0 Å². The first-order chi connectivity index (χ1) is 19.7. The molecule has 2 N–H and O–H groups in total. The minimum Gasteiger partial charge on any atom is -0.496 e. The SMILES string of the molecule is CNC(C)C(=O)NC1CN(C(=O)c2cnn(C)c2)c2ccccc2N(Cc2c(OC)ccc3cc(Br)ccc23)C1=O.Cl. The fourth-order valence-corrected chi connectivity index (χ4v) is 5.40. The summed E-state index contributed by atoms with van der Waals surface area (Å²) in [4.78, 5) is 44.3. The molecule has 4 aromatic rings. The lowest BCUT2D eigenvalue weighted by molar-refractivity contribution is -0.128. The van der Waals surface area contributed by atoms with Gasteiger partial charge in [-0.05, 0) is 55.1 Å². The van der Waals surface area contributed by atoms with Crippen molar-refractivity contribution < 1.29 is 19.1 Å². The van der Waals surface area contributed by atoms with Crippen molar-refractivity contribution in [2.45, 2.75) is 25.6 Å². The van der Waals surface area contributed by atoms with Crippen LogP contribution in [0.5, 0.6) is 5.75 Å². The number of nitrogens with zero attached hydrogens (tertiary/aromatic N) is 4. The van der Waals surface area contributed by atoms with E-state index < -0.39 is 12.1 Å². The van der Waals surface area contributed by atoms with Crippen molar-refractivity contribution in [1.29, 1.82) is 0 Å². The summed E-state index contributed by atoms with van der Waals surface area (Å²) in [5.41, 5.74) is 2.28. The molecule has 220 valence electrons. The molecule has 10 nitrogen and oxygen atoms in total. The number of methoxy groups -OCH3 is 1. The summed E-state index contributed by atoms with van der Waals surface area (Å²) >= 11 is 3.54. The number of hydrogen-bond acceptors (Lipinski definition) is 6. The summed E-state index contributed by atoms with van der Waals surface area (Å²) in [6, 6.07) is 15.5. The van der Waals surface area contributed by atoms with Crippen LogP contribution in [0, 0.1) is 0 Å². The highest BCUT2D eigenvalue weighted by molar-refractivity contribution is 9.10. The van der Waals surface area contributed by atoms with Gasteiger partial charge in [0.2, 0.25) is 5.91 Å². The van der Waals surface area contributed by atoms with Gasteiger partial charge in [0.25, 0.3) is 11.8 Å². The van der Waals surface area contributed by atoms with Crippen molar-refractivity contribution in [2.24, 2.45) is 7.05 Å². The average Bonchev–Trinajstić information content (AvgIpc) is 3.38. The maximum Gasteiger partial charge on any atom is 0.261 e. The Morgan fingerprint density at radius 2 is 1.88 bits per heavy atom. The fraction of sp³-hybridized carbons (Fsp3) is 0.267. The van der Waals surface area contributed by atoms with Gasteiger partial charge in [-0.1, -0.05) is 40.2 Å². The number of hydrogen-bond donors (Lipinski definition) is 2. The lowest BCUT2D eigenvalue weighted by atomic mass is 10.0. The van der Waals surface area contributed by atoms with Gasteiger partial charge in [-0.2, -0.15) is 5.10 Å². The summed E-state index contributed by atoms with van der Waals surface area (Å²) in [6.07, 6.45) is 3.12. The molecule has 0 radical (unpaired) electrons. The molecule has 3 aromatic carbocycles. The first-order valence-corrected chi connectivity index (χ1v) is 13.9. The number of aryl methyl sites for hydroxylation is 1. The maximum absolute atomic E-state index is 14.3. The number of halogens is 2. The third-order valence-electron chi connectivity index (χ3n) is 7.32. The van der Waals surface area contributed by atoms with Gasteiger partial charge in [0, 0.05) is 23.3 Å². The summed E-state index contributed by atoms with van der Waals surface area (Å²) in [5, 5.41) is 11.8. The predicted molar refractivity (Wildman–Crippen MR) is 168 cm³/mol. The van der Waals surface area contributed by atoms with Crippen LogP contribution in [0.2, 0.25) is 0 Å². The quantitative estimate of drug-likeness (QED) is 0.311. The number of anilines is 2. The number of fused-ring (bicyclic) bond motifs is 2. The van der Waals surface area contributed by atoms with Crippen LogP contribution in [-0.4, -0.2) is 60.3 Å². The molecule has 0 saturated carbocycles. The molecule has 2 heterocycles. The predicted octanol–water partition coefficient (Wildman–Crippen LogP) is 4.05. The monoisotopic (exact) mass is 654 g/mol. The van der Waals surface area contributed by atoms with Crippen LogP contribution in [0.15, 0.2) is 71.5 Å². The topological polar surface area (TPSA) is 109 Å². The Morgan fingerprint density at radius 3 is 2.55 bits per heavy atom. The molecule has 2 atom stereocenters. The molecule has 0 saturated heterocycles. The number of amides is 3. The van der Waals surface area contributed by atoms with Gasteiger partial charge in [0.05, 0.1) is 49.4 Å². The van der Waals surface area contributed by atoms with E-state index in [0.29, 0.717) is 22.7 Å². The summed E-state index contributed by atoms with van der Waals surface area (Å²) in [6.45, 7) is 1.81. The van der Waals surface area contributed by atoms with Crippen molar-refractivity contribution in [3.63, 3.8) is 0 Å². The Balaban J connectivity index is 0.00000405. The molecule has 1 aliphatic rings. The van der Waals surface area contributed by atoms with E-state index in [9.17, 15) is 14.4 Å². The Labute approximate surface area is 258 Å². The Morgan fingerprint density at radius 1 is 1.14 bits per heavy atom. The highest BCUT2D eigenvalue weighted by Crippen LogP contribution is 2.38. The fourth-order valence-electron chi connectivity index (χ4n) is 5.02. The van der Waals surface area contributed by atoms with Crippen LogP contribution in [0.1, 0.15) is 22.8 Å². The van der Waals surface area contributed by atoms with E-state index in [1.807, 2.05) is 54.6 Å². The van der Waals surface area contributed by atoms with Crippen LogP contribution < -0.4 is 25.2 Å². The molecular weight excluding hydrogens is 624 g/mol. The van der Waals surface area contributed by atoms with E-state index in [0.717, 1.165) is 20.8 Å². The van der Waals surface area contributed by atoms with Crippen molar-refractivity contribution in [3.05, 3.63) is 82.6 Å². The zero-order chi connectivity index (χ0) is 29.3. The molecule has 0 aliphatic carbocycles. The number of nitrogens with one attached hydrogen (secondary N) is 2.